The normalized spacial score (nSPS) is 15.7. The van der Waals surface area contributed by atoms with E-state index in [1.165, 1.54) is 5.56 Å². The molecule has 23 heavy (non-hydrogen) atoms. The first-order valence-corrected chi connectivity index (χ1v) is 7.85. The van der Waals surface area contributed by atoms with Gasteiger partial charge in [0, 0.05) is 26.2 Å². The molecule has 1 aliphatic rings. The van der Waals surface area contributed by atoms with Gasteiger partial charge in [-0.2, -0.15) is 4.98 Å². The van der Waals surface area contributed by atoms with Crippen LogP contribution in [0.4, 0.5) is 11.5 Å². The largest absolute Gasteiger partial charge is 0.437 e. The number of hydrogen-bond donors (Lipinski definition) is 1. The average molecular weight is 313 g/mol. The number of hydrogen-bond acceptors (Lipinski definition) is 6. The Hall–Kier alpha value is -2.34. The van der Waals surface area contributed by atoms with Crippen LogP contribution >= 0.6 is 0 Å². The Morgan fingerprint density at radius 1 is 1.00 bits per heavy atom. The van der Waals surface area contributed by atoms with E-state index in [4.69, 9.17) is 10.5 Å². The molecule has 1 aromatic heterocycles. The van der Waals surface area contributed by atoms with Crippen LogP contribution in [0.3, 0.4) is 0 Å². The highest BCUT2D eigenvalue weighted by Crippen LogP contribution is 2.32. The highest BCUT2D eigenvalue weighted by molar-refractivity contribution is 5.69. The lowest BCUT2D eigenvalue weighted by Crippen LogP contribution is -2.45. The monoisotopic (exact) mass is 313 g/mol. The van der Waals surface area contributed by atoms with E-state index < -0.39 is 0 Å². The van der Waals surface area contributed by atoms with Crippen molar-refractivity contribution in [2.24, 2.45) is 0 Å². The van der Waals surface area contributed by atoms with Gasteiger partial charge in [0.1, 0.15) is 17.3 Å². The zero-order valence-corrected chi connectivity index (χ0v) is 13.9. The summed E-state index contributed by atoms with van der Waals surface area (Å²) in [5, 5.41) is 0. The topological polar surface area (TPSA) is 67.5 Å². The molecule has 1 fully saturated rings. The lowest BCUT2D eigenvalue weighted by Gasteiger charge is -2.33. The number of piperazine rings is 1. The van der Waals surface area contributed by atoms with E-state index >= 15 is 0 Å². The van der Waals surface area contributed by atoms with Crippen LogP contribution < -0.4 is 15.4 Å². The molecule has 0 atom stereocenters. The molecule has 0 aliphatic carbocycles. The van der Waals surface area contributed by atoms with Crippen LogP contribution in [0.25, 0.3) is 0 Å². The molecule has 2 N–H and O–H groups in total. The summed E-state index contributed by atoms with van der Waals surface area (Å²) in [6.07, 6.45) is 0. The minimum absolute atomic E-state index is 0.426. The summed E-state index contributed by atoms with van der Waals surface area (Å²) in [5.41, 5.74) is 7.97. The number of rotatable bonds is 3. The summed E-state index contributed by atoms with van der Waals surface area (Å²) in [4.78, 5) is 13.4. The standard InChI is InChI=1S/C17H23N5O/c1-12-4-6-14(7-5-12)23-17-15(18)16(19-13(2)20-17)22-10-8-21(3)9-11-22/h4-7H,8-11,18H2,1-3H3. The molecular weight excluding hydrogens is 290 g/mol. The maximum Gasteiger partial charge on any atom is 0.248 e. The van der Waals surface area contributed by atoms with Gasteiger partial charge in [0.2, 0.25) is 5.88 Å². The number of nitrogens with zero attached hydrogens (tertiary/aromatic N) is 4. The van der Waals surface area contributed by atoms with Crippen LogP contribution in [0.1, 0.15) is 11.4 Å². The summed E-state index contributed by atoms with van der Waals surface area (Å²) in [7, 11) is 2.12. The van der Waals surface area contributed by atoms with Crippen molar-refractivity contribution in [1.29, 1.82) is 0 Å². The van der Waals surface area contributed by atoms with E-state index in [9.17, 15) is 0 Å². The minimum atomic E-state index is 0.426. The molecule has 0 radical (unpaired) electrons. The molecule has 6 heteroatoms. The lowest BCUT2D eigenvalue weighted by atomic mass is 10.2. The van der Waals surface area contributed by atoms with Crippen LogP contribution in [0, 0.1) is 13.8 Å². The van der Waals surface area contributed by atoms with Gasteiger partial charge in [-0.1, -0.05) is 17.7 Å². The third kappa shape index (κ3) is 3.53. The van der Waals surface area contributed by atoms with Crippen molar-refractivity contribution in [2.45, 2.75) is 13.8 Å². The van der Waals surface area contributed by atoms with Crippen molar-refractivity contribution in [3.8, 4) is 11.6 Å². The van der Waals surface area contributed by atoms with E-state index in [0.29, 0.717) is 17.4 Å². The van der Waals surface area contributed by atoms with Gasteiger partial charge in [0.15, 0.2) is 5.82 Å². The van der Waals surface area contributed by atoms with Crippen molar-refractivity contribution in [3.63, 3.8) is 0 Å². The first-order chi connectivity index (χ1) is 11.0. The van der Waals surface area contributed by atoms with Crippen molar-refractivity contribution in [1.82, 2.24) is 14.9 Å². The maximum absolute atomic E-state index is 6.29. The summed E-state index contributed by atoms with van der Waals surface area (Å²) in [5.74, 6) is 2.59. The highest BCUT2D eigenvalue weighted by atomic mass is 16.5. The van der Waals surface area contributed by atoms with Gasteiger partial charge in [0.25, 0.3) is 0 Å². The average Bonchev–Trinajstić information content (AvgIpc) is 2.53. The van der Waals surface area contributed by atoms with Gasteiger partial charge in [-0.15, -0.1) is 0 Å². The second-order valence-electron chi connectivity index (χ2n) is 6.02. The van der Waals surface area contributed by atoms with Gasteiger partial charge in [0.05, 0.1) is 0 Å². The predicted molar refractivity (Wildman–Crippen MR) is 92.1 cm³/mol. The van der Waals surface area contributed by atoms with E-state index in [0.717, 1.165) is 37.7 Å². The van der Waals surface area contributed by atoms with Crippen LogP contribution in [0.5, 0.6) is 11.6 Å². The number of aromatic nitrogens is 2. The first-order valence-electron chi connectivity index (χ1n) is 7.85. The van der Waals surface area contributed by atoms with Crippen molar-refractivity contribution in [2.75, 3.05) is 43.9 Å². The zero-order chi connectivity index (χ0) is 16.4. The molecule has 2 heterocycles. The second kappa shape index (κ2) is 6.42. The van der Waals surface area contributed by atoms with Crippen LogP contribution in [0.15, 0.2) is 24.3 Å². The molecule has 0 spiro atoms. The first kappa shape index (κ1) is 15.6. The summed E-state index contributed by atoms with van der Waals surface area (Å²) >= 11 is 0. The molecule has 1 aromatic carbocycles. The van der Waals surface area contributed by atoms with Crippen molar-refractivity contribution >= 4 is 11.5 Å². The molecule has 6 nitrogen and oxygen atoms in total. The van der Waals surface area contributed by atoms with E-state index in [-0.39, 0.29) is 0 Å². The van der Waals surface area contributed by atoms with Gasteiger partial charge in [-0.05, 0) is 33.0 Å². The van der Waals surface area contributed by atoms with E-state index in [2.05, 4.69) is 26.8 Å². The minimum Gasteiger partial charge on any atom is -0.437 e. The van der Waals surface area contributed by atoms with E-state index in [1.54, 1.807) is 0 Å². The van der Waals surface area contributed by atoms with Gasteiger partial charge >= 0.3 is 0 Å². The highest BCUT2D eigenvalue weighted by Gasteiger charge is 2.21. The lowest BCUT2D eigenvalue weighted by molar-refractivity contribution is 0.312. The van der Waals surface area contributed by atoms with Crippen LogP contribution in [-0.4, -0.2) is 48.1 Å². The zero-order valence-electron chi connectivity index (χ0n) is 13.9. The smallest absolute Gasteiger partial charge is 0.248 e. The Kier molecular flexibility index (Phi) is 4.34. The molecule has 1 saturated heterocycles. The Morgan fingerprint density at radius 2 is 1.65 bits per heavy atom. The van der Waals surface area contributed by atoms with Crippen LogP contribution in [0.2, 0.25) is 0 Å². The van der Waals surface area contributed by atoms with Crippen molar-refractivity contribution < 1.29 is 4.74 Å². The number of nitrogen functional groups attached to an aromatic ring is 1. The SMILES string of the molecule is Cc1ccc(Oc2nc(C)nc(N3CCN(C)CC3)c2N)cc1. The fraction of sp³-hybridized carbons (Fsp3) is 0.412. The quantitative estimate of drug-likeness (QED) is 0.937. The second-order valence-corrected chi connectivity index (χ2v) is 6.02. The molecule has 0 saturated carbocycles. The maximum atomic E-state index is 6.29. The van der Waals surface area contributed by atoms with Gasteiger partial charge < -0.3 is 20.3 Å². The molecule has 1 aliphatic heterocycles. The van der Waals surface area contributed by atoms with E-state index in [1.807, 2.05) is 38.1 Å². The molecule has 0 bridgehead atoms. The number of likely N-dealkylation sites (N-methyl/N-ethyl adjacent to an activating group) is 1. The Labute approximate surface area is 136 Å². The molecule has 122 valence electrons. The number of aryl methyl sites for hydroxylation is 2. The number of anilines is 2. The van der Waals surface area contributed by atoms with Crippen molar-refractivity contribution in [3.05, 3.63) is 35.7 Å². The molecule has 2 aromatic rings. The predicted octanol–water partition coefficient (Wildman–Crippen LogP) is 2.22. The van der Waals surface area contributed by atoms with Crippen LogP contribution in [-0.2, 0) is 0 Å². The molecular formula is C17H23N5O. The Balaban J connectivity index is 1.87. The Morgan fingerprint density at radius 3 is 2.30 bits per heavy atom. The Bertz CT molecular complexity index is 678. The number of benzene rings is 1. The summed E-state index contributed by atoms with van der Waals surface area (Å²) < 4.78 is 5.88. The fourth-order valence-electron chi connectivity index (χ4n) is 2.60. The molecule has 3 rings (SSSR count). The fourth-order valence-corrected chi connectivity index (χ4v) is 2.60. The summed E-state index contributed by atoms with van der Waals surface area (Å²) in [6.45, 7) is 7.70. The van der Waals surface area contributed by atoms with Gasteiger partial charge in [-0.3, -0.25) is 0 Å². The summed E-state index contributed by atoms with van der Waals surface area (Å²) in [6, 6.07) is 7.84. The molecule has 0 amide bonds. The number of nitrogens with two attached hydrogens (primary N) is 1. The number of ether oxygens (including phenoxy) is 1. The third-order valence-corrected chi connectivity index (χ3v) is 4.04. The van der Waals surface area contributed by atoms with Gasteiger partial charge in [-0.25, -0.2) is 4.98 Å². The third-order valence-electron chi connectivity index (χ3n) is 4.04. The molecule has 0 unspecified atom stereocenters.